The van der Waals surface area contributed by atoms with Crippen molar-refractivity contribution in [2.45, 2.75) is 32.4 Å². The molecule has 1 aliphatic heterocycles. The van der Waals surface area contributed by atoms with Gasteiger partial charge in [-0.25, -0.2) is 0 Å². The zero-order valence-electron chi connectivity index (χ0n) is 10.1. The van der Waals surface area contributed by atoms with Gasteiger partial charge in [0.1, 0.15) is 0 Å². The van der Waals surface area contributed by atoms with Gasteiger partial charge in [0, 0.05) is 25.3 Å². The highest BCUT2D eigenvalue weighted by Gasteiger charge is 2.26. The molecular formula is C12H21N3O. The Morgan fingerprint density at radius 1 is 1.69 bits per heavy atom. The van der Waals surface area contributed by atoms with Crippen molar-refractivity contribution in [1.29, 1.82) is 0 Å². The van der Waals surface area contributed by atoms with Crippen LogP contribution >= 0.6 is 0 Å². The zero-order valence-corrected chi connectivity index (χ0v) is 10.1. The summed E-state index contributed by atoms with van der Waals surface area (Å²) < 4.78 is 7.63. The summed E-state index contributed by atoms with van der Waals surface area (Å²) >= 11 is 0. The minimum absolute atomic E-state index is 0.364. The first-order chi connectivity index (χ1) is 7.86. The lowest BCUT2D eigenvalue weighted by molar-refractivity contribution is 0.0389. The van der Waals surface area contributed by atoms with E-state index in [4.69, 9.17) is 4.74 Å². The van der Waals surface area contributed by atoms with Crippen molar-refractivity contribution in [3.8, 4) is 0 Å². The van der Waals surface area contributed by atoms with Crippen molar-refractivity contribution < 1.29 is 4.74 Å². The molecule has 0 aliphatic carbocycles. The number of rotatable bonds is 4. The number of aromatic nitrogens is 2. The van der Waals surface area contributed by atoms with Crippen LogP contribution in [0.1, 0.15) is 31.5 Å². The molecule has 0 amide bonds. The van der Waals surface area contributed by atoms with E-state index in [0.29, 0.717) is 12.0 Å². The number of aryl methyl sites for hydroxylation is 1. The summed E-state index contributed by atoms with van der Waals surface area (Å²) in [6.45, 7) is 4.83. The Hall–Kier alpha value is -0.870. The molecule has 90 valence electrons. The molecule has 0 spiro atoms. The molecule has 0 bridgehead atoms. The molecule has 0 aromatic carbocycles. The van der Waals surface area contributed by atoms with Crippen LogP contribution in [0.5, 0.6) is 0 Å². The number of nitrogens with one attached hydrogen (secondary N) is 1. The second-order valence-electron chi connectivity index (χ2n) is 4.32. The fraction of sp³-hybridized carbons (Fsp3) is 0.750. The van der Waals surface area contributed by atoms with Gasteiger partial charge in [-0.3, -0.25) is 4.68 Å². The lowest BCUT2D eigenvalue weighted by atomic mass is 9.91. The molecule has 16 heavy (non-hydrogen) atoms. The van der Waals surface area contributed by atoms with E-state index >= 15 is 0 Å². The van der Waals surface area contributed by atoms with Crippen LogP contribution in [0.15, 0.2) is 12.3 Å². The average molecular weight is 223 g/mol. The Kier molecular flexibility index (Phi) is 3.96. The molecule has 2 unspecified atom stereocenters. The van der Waals surface area contributed by atoms with Crippen molar-refractivity contribution in [2.24, 2.45) is 5.92 Å². The van der Waals surface area contributed by atoms with Gasteiger partial charge < -0.3 is 10.1 Å². The first kappa shape index (κ1) is 11.6. The Balaban J connectivity index is 2.14. The molecule has 1 aliphatic rings. The van der Waals surface area contributed by atoms with Crippen molar-refractivity contribution in [1.82, 2.24) is 15.1 Å². The van der Waals surface area contributed by atoms with Gasteiger partial charge in [0.15, 0.2) is 0 Å². The molecule has 2 heterocycles. The summed E-state index contributed by atoms with van der Waals surface area (Å²) in [7, 11) is 2.02. The third-order valence-corrected chi connectivity index (χ3v) is 3.35. The Bertz CT molecular complexity index is 318. The fourth-order valence-corrected chi connectivity index (χ4v) is 2.52. The van der Waals surface area contributed by atoms with E-state index < -0.39 is 0 Å². The van der Waals surface area contributed by atoms with E-state index in [1.54, 1.807) is 0 Å². The topological polar surface area (TPSA) is 39.1 Å². The van der Waals surface area contributed by atoms with Crippen molar-refractivity contribution in [2.75, 3.05) is 20.3 Å². The normalized spacial score (nSPS) is 23.2. The lowest BCUT2D eigenvalue weighted by Crippen LogP contribution is -2.33. The summed E-state index contributed by atoms with van der Waals surface area (Å²) in [6.07, 6.45) is 4.29. The minimum atomic E-state index is 0.364. The van der Waals surface area contributed by atoms with E-state index in [1.807, 2.05) is 13.2 Å². The summed E-state index contributed by atoms with van der Waals surface area (Å²) in [4.78, 5) is 0. The smallest absolute Gasteiger partial charge is 0.0557 e. The predicted molar refractivity (Wildman–Crippen MR) is 63.2 cm³/mol. The number of nitrogens with zero attached hydrogens (tertiary/aromatic N) is 2. The lowest BCUT2D eigenvalue weighted by Gasteiger charge is -2.30. The molecule has 1 fully saturated rings. The van der Waals surface area contributed by atoms with Crippen LogP contribution in [0, 0.1) is 5.92 Å². The zero-order chi connectivity index (χ0) is 11.4. The van der Waals surface area contributed by atoms with E-state index in [-0.39, 0.29) is 0 Å². The summed E-state index contributed by atoms with van der Waals surface area (Å²) in [5.74, 6) is 0.570. The molecule has 4 nitrogen and oxygen atoms in total. The van der Waals surface area contributed by atoms with Crippen LogP contribution in [-0.2, 0) is 11.3 Å². The molecule has 4 heteroatoms. The van der Waals surface area contributed by atoms with Crippen molar-refractivity contribution in [3.63, 3.8) is 0 Å². The van der Waals surface area contributed by atoms with Gasteiger partial charge in [-0.15, -0.1) is 0 Å². The highest BCUT2D eigenvalue weighted by Crippen LogP contribution is 2.28. The van der Waals surface area contributed by atoms with Gasteiger partial charge in [-0.2, -0.15) is 5.10 Å². The van der Waals surface area contributed by atoms with E-state index in [1.165, 1.54) is 18.5 Å². The molecule has 1 aromatic rings. The Labute approximate surface area is 97.0 Å². The predicted octanol–water partition coefficient (Wildman–Crippen LogP) is 1.59. The number of hydrogen-bond acceptors (Lipinski definition) is 3. The van der Waals surface area contributed by atoms with Gasteiger partial charge in [-0.1, -0.05) is 0 Å². The van der Waals surface area contributed by atoms with Gasteiger partial charge >= 0.3 is 0 Å². The first-order valence-corrected chi connectivity index (χ1v) is 6.13. The Morgan fingerprint density at radius 3 is 3.19 bits per heavy atom. The van der Waals surface area contributed by atoms with Crippen LogP contribution in [0.2, 0.25) is 0 Å². The second kappa shape index (κ2) is 5.46. The average Bonchev–Trinajstić information content (AvgIpc) is 2.80. The molecule has 2 rings (SSSR count). The van der Waals surface area contributed by atoms with E-state index in [2.05, 4.69) is 28.1 Å². The maximum atomic E-state index is 5.57. The quantitative estimate of drug-likeness (QED) is 0.842. The monoisotopic (exact) mass is 223 g/mol. The second-order valence-corrected chi connectivity index (χ2v) is 4.32. The summed E-state index contributed by atoms with van der Waals surface area (Å²) in [6, 6.07) is 2.47. The van der Waals surface area contributed by atoms with Gasteiger partial charge in [0.05, 0.1) is 18.3 Å². The maximum absolute atomic E-state index is 5.57. The van der Waals surface area contributed by atoms with Crippen LogP contribution in [0.4, 0.5) is 0 Å². The van der Waals surface area contributed by atoms with Crippen molar-refractivity contribution >= 4 is 0 Å². The van der Waals surface area contributed by atoms with Gasteiger partial charge in [-0.05, 0) is 32.9 Å². The highest BCUT2D eigenvalue weighted by molar-refractivity contribution is 5.08. The SMILES string of the molecule is CCn1nccc1C(NC)C1CCCOC1. The molecule has 1 saturated heterocycles. The van der Waals surface area contributed by atoms with E-state index in [9.17, 15) is 0 Å². The first-order valence-electron chi connectivity index (χ1n) is 6.13. The van der Waals surface area contributed by atoms with Gasteiger partial charge in [0.25, 0.3) is 0 Å². The number of hydrogen-bond donors (Lipinski definition) is 1. The molecule has 0 radical (unpaired) electrons. The van der Waals surface area contributed by atoms with Crippen LogP contribution in [0.25, 0.3) is 0 Å². The summed E-state index contributed by atoms with van der Waals surface area (Å²) in [5.41, 5.74) is 1.28. The van der Waals surface area contributed by atoms with Gasteiger partial charge in [0.2, 0.25) is 0 Å². The standard InChI is InChI=1S/C12H21N3O/c1-3-15-11(6-7-14-15)12(13-2)10-5-4-8-16-9-10/h6-7,10,12-13H,3-5,8-9H2,1-2H3. The van der Waals surface area contributed by atoms with Crippen molar-refractivity contribution in [3.05, 3.63) is 18.0 Å². The van der Waals surface area contributed by atoms with Crippen LogP contribution < -0.4 is 5.32 Å². The summed E-state index contributed by atoms with van der Waals surface area (Å²) in [5, 5.41) is 7.74. The van der Waals surface area contributed by atoms with E-state index in [0.717, 1.165) is 19.8 Å². The molecule has 2 atom stereocenters. The largest absolute Gasteiger partial charge is 0.381 e. The molecular weight excluding hydrogens is 202 g/mol. The molecule has 0 saturated carbocycles. The third-order valence-electron chi connectivity index (χ3n) is 3.35. The molecule has 1 aromatic heterocycles. The third kappa shape index (κ3) is 2.28. The van der Waals surface area contributed by atoms with Crippen LogP contribution in [-0.4, -0.2) is 30.0 Å². The Morgan fingerprint density at radius 2 is 2.56 bits per heavy atom. The fourth-order valence-electron chi connectivity index (χ4n) is 2.52. The maximum Gasteiger partial charge on any atom is 0.0557 e. The highest BCUT2D eigenvalue weighted by atomic mass is 16.5. The van der Waals surface area contributed by atoms with Crippen LogP contribution in [0.3, 0.4) is 0 Å². The minimum Gasteiger partial charge on any atom is -0.381 e. The number of ether oxygens (including phenoxy) is 1. The molecule has 1 N–H and O–H groups in total.